The second kappa shape index (κ2) is 5.67. The van der Waals surface area contributed by atoms with E-state index in [0.29, 0.717) is 11.6 Å². The quantitative estimate of drug-likeness (QED) is 0.799. The summed E-state index contributed by atoms with van der Waals surface area (Å²) in [5.74, 6) is 0.957. The Bertz CT molecular complexity index is 402. The van der Waals surface area contributed by atoms with Crippen molar-refractivity contribution in [3.63, 3.8) is 0 Å². The van der Waals surface area contributed by atoms with E-state index in [-0.39, 0.29) is 0 Å². The van der Waals surface area contributed by atoms with Crippen LogP contribution in [0.2, 0.25) is 0 Å². The summed E-state index contributed by atoms with van der Waals surface area (Å²) in [7, 11) is 0. The molecule has 17 heavy (non-hydrogen) atoms. The van der Waals surface area contributed by atoms with Gasteiger partial charge in [-0.3, -0.25) is 0 Å². The summed E-state index contributed by atoms with van der Waals surface area (Å²) in [6, 6.07) is 6.45. The van der Waals surface area contributed by atoms with Crippen LogP contribution >= 0.6 is 0 Å². The van der Waals surface area contributed by atoms with Gasteiger partial charge in [-0.1, -0.05) is 19.3 Å². The van der Waals surface area contributed by atoms with Crippen molar-refractivity contribution in [2.24, 2.45) is 0 Å². The van der Waals surface area contributed by atoms with Crippen molar-refractivity contribution in [3.05, 3.63) is 23.9 Å². The Morgan fingerprint density at radius 2 is 2.18 bits per heavy atom. The van der Waals surface area contributed by atoms with Gasteiger partial charge >= 0.3 is 0 Å². The van der Waals surface area contributed by atoms with E-state index in [1.54, 1.807) is 12.3 Å². The summed E-state index contributed by atoms with van der Waals surface area (Å²) < 4.78 is 0. The first-order valence-corrected chi connectivity index (χ1v) is 6.48. The minimum absolute atomic E-state index is 0.607. The van der Waals surface area contributed by atoms with E-state index in [1.807, 2.05) is 6.07 Å². The highest BCUT2D eigenvalue weighted by molar-refractivity contribution is 5.45. The lowest BCUT2D eigenvalue weighted by atomic mass is 9.94. The third kappa shape index (κ3) is 2.76. The lowest BCUT2D eigenvalue weighted by Crippen LogP contribution is -2.37. The van der Waals surface area contributed by atoms with E-state index >= 15 is 0 Å². The molecule has 0 saturated heterocycles. The lowest BCUT2D eigenvalue weighted by molar-refractivity contribution is 0.416. The summed E-state index contributed by atoms with van der Waals surface area (Å²) in [6.07, 6.45) is 8.25. The van der Waals surface area contributed by atoms with Crippen LogP contribution in [-0.2, 0) is 0 Å². The Hall–Kier alpha value is -1.56. The van der Waals surface area contributed by atoms with Crippen molar-refractivity contribution in [2.45, 2.75) is 45.1 Å². The van der Waals surface area contributed by atoms with Gasteiger partial charge < -0.3 is 4.90 Å². The van der Waals surface area contributed by atoms with Crippen molar-refractivity contribution in [2.75, 3.05) is 11.4 Å². The zero-order valence-electron chi connectivity index (χ0n) is 10.4. The summed E-state index contributed by atoms with van der Waals surface area (Å²) in [4.78, 5) is 6.76. The minimum Gasteiger partial charge on any atom is -0.354 e. The average molecular weight is 229 g/mol. The number of pyridine rings is 1. The highest BCUT2D eigenvalue weighted by Gasteiger charge is 2.21. The van der Waals surface area contributed by atoms with Gasteiger partial charge in [0.1, 0.15) is 5.82 Å². The molecule has 0 spiro atoms. The van der Waals surface area contributed by atoms with Gasteiger partial charge in [-0.15, -0.1) is 0 Å². The lowest BCUT2D eigenvalue weighted by Gasteiger charge is -2.34. The van der Waals surface area contributed by atoms with Crippen LogP contribution in [0.5, 0.6) is 0 Å². The van der Waals surface area contributed by atoms with Gasteiger partial charge in [0.15, 0.2) is 0 Å². The SMILES string of the molecule is CCN(c1cc(C#N)ccn1)C1CCCCC1. The van der Waals surface area contributed by atoms with E-state index in [2.05, 4.69) is 22.9 Å². The third-order valence-electron chi connectivity index (χ3n) is 3.53. The number of aromatic nitrogens is 1. The Labute approximate surface area is 103 Å². The molecule has 0 aromatic carbocycles. The fourth-order valence-electron chi connectivity index (χ4n) is 2.64. The fourth-order valence-corrected chi connectivity index (χ4v) is 2.64. The molecule has 0 unspecified atom stereocenters. The Kier molecular flexibility index (Phi) is 3.98. The van der Waals surface area contributed by atoms with E-state index in [9.17, 15) is 0 Å². The molecule has 2 rings (SSSR count). The molecule has 3 heteroatoms. The maximum absolute atomic E-state index is 8.93. The van der Waals surface area contributed by atoms with Gasteiger partial charge in [0.2, 0.25) is 0 Å². The van der Waals surface area contributed by atoms with Crippen LogP contribution in [0.4, 0.5) is 5.82 Å². The van der Waals surface area contributed by atoms with Gasteiger partial charge in [0, 0.05) is 18.8 Å². The third-order valence-corrected chi connectivity index (χ3v) is 3.53. The molecular formula is C14H19N3. The smallest absolute Gasteiger partial charge is 0.130 e. The predicted octanol–water partition coefficient (Wildman–Crippen LogP) is 3.11. The van der Waals surface area contributed by atoms with E-state index in [0.717, 1.165) is 12.4 Å². The van der Waals surface area contributed by atoms with Crippen LogP contribution in [0.25, 0.3) is 0 Å². The zero-order valence-corrected chi connectivity index (χ0v) is 10.4. The molecule has 0 N–H and O–H groups in total. The summed E-state index contributed by atoms with van der Waals surface area (Å²) in [5, 5.41) is 8.93. The van der Waals surface area contributed by atoms with Gasteiger partial charge in [0.25, 0.3) is 0 Å². The molecule has 1 fully saturated rings. The molecule has 1 aliphatic rings. The molecule has 90 valence electrons. The van der Waals surface area contributed by atoms with Crippen LogP contribution < -0.4 is 4.90 Å². The Morgan fingerprint density at radius 3 is 2.82 bits per heavy atom. The first kappa shape index (κ1) is 11.9. The normalized spacial score (nSPS) is 16.5. The molecule has 1 aromatic rings. The highest BCUT2D eigenvalue weighted by atomic mass is 15.2. The maximum atomic E-state index is 8.93. The second-order valence-corrected chi connectivity index (χ2v) is 4.59. The maximum Gasteiger partial charge on any atom is 0.130 e. The molecule has 1 aliphatic carbocycles. The molecule has 0 atom stereocenters. The molecule has 0 bridgehead atoms. The van der Waals surface area contributed by atoms with Crippen LogP contribution in [0.15, 0.2) is 18.3 Å². The molecular weight excluding hydrogens is 210 g/mol. The fraction of sp³-hybridized carbons (Fsp3) is 0.571. The zero-order chi connectivity index (χ0) is 12.1. The molecule has 0 amide bonds. The minimum atomic E-state index is 0.607. The molecule has 0 radical (unpaired) electrons. The van der Waals surface area contributed by atoms with Gasteiger partial charge in [0.05, 0.1) is 11.6 Å². The van der Waals surface area contributed by atoms with Crippen molar-refractivity contribution in [1.29, 1.82) is 5.26 Å². The Morgan fingerprint density at radius 1 is 1.41 bits per heavy atom. The number of anilines is 1. The summed E-state index contributed by atoms with van der Waals surface area (Å²) >= 11 is 0. The van der Waals surface area contributed by atoms with E-state index in [1.165, 1.54) is 32.1 Å². The second-order valence-electron chi connectivity index (χ2n) is 4.59. The number of hydrogen-bond acceptors (Lipinski definition) is 3. The largest absolute Gasteiger partial charge is 0.354 e. The molecule has 1 heterocycles. The molecule has 1 aromatic heterocycles. The van der Waals surface area contributed by atoms with Crippen LogP contribution in [0.3, 0.4) is 0 Å². The predicted molar refractivity (Wildman–Crippen MR) is 68.8 cm³/mol. The number of rotatable bonds is 3. The first-order chi connectivity index (χ1) is 8.35. The van der Waals surface area contributed by atoms with Crippen LogP contribution in [0.1, 0.15) is 44.6 Å². The summed E-state index contributed by atoms with van der Waals surface area (Å²) in [6.45, 7) is 3.13. The van der Waals surface area contributed by atoms with Crippen molar-refractivity contribution in [1.82, 2.24) is 4.98 Å². The van der Waals surface area contributed by atoms with Crippen molar-refractivity contribution in [3.8, 4) is 6.07 Å². The molecule has 3 nitrogen and oxygen atoms in total. The van der Waals surface area contributed by atoms with E-state index < -0.39 is 0 Å². The summed E-state index contributed by atoms with van der Waals surface area (Å²) in [5.41, 5.74) is 0.698. The monoisotopic (exact) mass is 229 g/mol. The topological polar surface area (TPSA) is 39.9 Å². The molecule has 1 saturated carbocycles. The van der Waals surface area contributed by atoms with Crippen LogP contribution in [0, 0.1) is 11.3 Å². The number of nitriles is 1. The number of nitrogens with zero attached hydrogens (tertiary/aromatic N) is 3. The molecule has 0 aliphatic heterocycles. The van der Waals surface area contributed by atoms with Gasteiger partial charge in [-0.2, -0.15) is 5.26 Å². The Balaban J connectivity index is 2.18. The van der Waals surface area contributed by atoms with Crippen molar-refractivity contribution < 1.29 is 0 Å². The average Bonchev–Trinajstić information content (AvgIpc) is 2.41. The highest BCUT2D eigenvalue weighted by Crippen LogP contribution is 2.26. The van der Waals surface area contributed by atoms with Crippen molar-refractivity contribution >= 4 is 5.82 Å². The van der Waals surface area contributed by atoms with E-state index in [4.69, 9.17) is 5.26 Å². The number of hydrogen-bond donors (Lipinski definition) is 0. The van der Waals surface area contributed by atoms with Gasteiger partial charge in [-0.05, 0) is 31.9 Å². The standard InChI is InChI=1S/C14H19N3/c1-2-17(13-6-4-3-5-7-13)14-10-12(11-15)8-9-16-14/h8-10,13H,2-7H2,1H3. The van der Waals surface area contributed by atoms with Gasteiger partial charge in [-0.25, -0.2) is 4.98 Å². The van der Waals surface area contributed by atoms with Crippen LogP contribution in [-0.4, -0.2) is 17.6 Å². The first-order valence-electron chi connectivity index (χ1n) is 6.48.